The van der Waals surface area contributed by atoms with Crippen LogP contribution in [0.2, 0.25) is 0 Å². The van der Waals surface area contributed by atoms with E-state index in [2.05, 4.69) is 10.2 Å². The number of carbonyl (C=O) groups excluding carboxylic acids is 1. The maximum atomic E-state index is 12.9. The molecule has 1 atom stereocenters. The van der Waals surface area contributed by atoms with Crippen molar-refractivity contribution in [3.05, 3.63) is 35.9 Å². The smallest absolute Gasteiger partial charge is 0.271 e. The summed E-state index contributed by atoms with van der Waals surface area (Å²) in [6, 6.07) is 3.31. The Morgan fingerprint density at radius 1 is 1.39 bits per heavy atom. The molecule has 0 unspecified atom stereocenters. The van der Waals surface area contributed by atoms with Crippen LogP contribution in [0, 0.1) is 0 Å². The number of carbonyl (C=O) groups is 1. The van der Waals surface area contributed by atoms with Crippen LogP contribution in [0.1, 0.15) is 41.5 Å². The largest absolute Gasteiger partial charge is 0.347 e. The number of nitrogens with zero attached hydrogens (tertiary/aromatic N) is 3. The van der Waals surface area contributed by atoms with Crippen molar-refractivity contribution in [1.82, 2.24) is 19.7 Å². The van der Waals surface area contributed by atoms with Crippen LogP contribution in [0.5, 0.6) is 0 Å². The third-order valence-corrected chi connectivity index (χ3v) is 5.42. The molecule has 0 spiro atoms. The fourth-order valence-corrected chi connectivity index (χ4v) is 3.95. The van der Waals surface area contributed by atoms with Crippen LogP contribution in [-0.2, 0) is 16.9 Å². The molecule has 1 fully saturated rings. The number of sulfone groups is 1. The molecule has 0 radical (unpaired) electrons. The average Bonchev–Trinajstić information content (AvgIpc) is 3.14. The van der Waals surface area contributed by atoms with E-state index in [9.17, 15) is 13.2 Å². The van der Waals surface area contributed by atoms with Gasteiger partial charge in [-0.1, -0.05) is 0 Å². The van der Waals surface area contributed by atoms with Crippen molar-refractivity contribution in [3.63, 3.8) is 0 Å². The van der Waals surface area contributed by atoms with E-state index < -0.39 is 9.84 Å². The Hall–Kier alpha value is -2.09. The van der Waals surface area contributed by atoms with Gasteiger partial charge in [-0.3, -0.25) is 9.89 Å². The second-order valence-electron chi connectivity index (χ2n) is 5.93. The molecule has 3 heterocycles. The highest BCUT2D eigenvalue weighted by molar-refractivity contribution is 7.90. The molecule has 1 aliphatic rings. The molecule has 0 aromatic carbocycles. The van der Waals surface area contributed by atoms with E-state index >= 15 is 0 Å². The zero-order valence-electron chi connectivity index (χ0n) is 13.2. The minimum Gasteiger partial charge on any atom is -0.347 e. The van der Waals surface area contributed by atoms with Crippen LogP contribution in [0.15, 0.2) is 29.4 Å². The summed E-state index contributed by atoms with van der Waals surface area (Å²) in [5.41, 5.74) is 1.10. The first-order valence-corrected chi connectivity index (χ1v) is 9.44. The van der Waals surface area contributed by atoms with Gasteiger partial charge < -0.3 is 9.47 Å². The lowest BCUT2D eigenvalue weighted by Crippen LogP contribution is -2.39. The number of aromatic nitrogens is 3. The topological polar surface area (TPSA) is 88.1 Å². The molecule has 1 N–H and O–H groups in total. The number of hydrogen-bond donors (Lipinski definition) is 1. The Morgan fingerprint density at radius 3 is 2.83 bits per heavy atom. The number of aromatic amines is 1. The molecule has 8 heteroatoms. The highest BCUT2D eigenvalue weighted by Crippen LogP contribution is 2.34. The number of aryl methyl sites for hydroxylation is 1. The van der Waals surface area contributed by atoms with Crippen molar-refractivity contribution in [2.75, 3.05) is 12.8 Å². The van der Waals surface area contributed by atoms with Gasteiger partial charge in [0, 0.05) is 26.0 Å². The molecular formula is C15H20N4O3S. The van der Waals surface area contributed by atoms with Gasteiger partial charge in [-0.05, 0) is 31.4 Å². The first kappa shape index (κ1) is 15.8. The standard InChI is InChI=1S/C15H20N4O3S/c1-18-8-5-7-12(18)15(20)19-9-4-3-6-11(19)14-13(10-16-17-14)23(2,21)22/h5,7-8,10-11H,3-4,6,9H2,1-2H3,(H,16,17)/t11-/m0/s1. The van der Waals surface area contributed by atoms with Crippen LogP contribution < -0.4 is 0 Å². The van der Waals surface area contributed by atoms with E-state index in [-0.39, 0.29) is 16.8 Å². The predicted molar refractivity (Wildman–Crippen MR) is 84.7 cm³/mol. The minimum absolute atomic E-state index is 0.0868. The zero-order valence-corrected chi connectivity index (χ0v) is 14.0. The summed E-state index contributed by atoms with van der Waals surface area (Å²) in [5.74, 6) is -0.0868. The van der Waals surface area contributed by atoms with Gasteiger partial charge in [0.2, 0.25) is 0 Å². The Labute approximate surface area is 135 Å². The molecule has 124 valence electrons. The Morgan fingerprint density at radius 2 is 2.17 bits per heavy atom. The molecule has 1 saturated heterocycles. The lowest BCUT2D eigenvalue weighted by atomic mass is 9.99. The van der Waals surface area contributed by atoms with Crippen LogP contribution in [-0.4, -0.2) is 46.8 Å². The first-order chi connectivity index (χ1) is 10.9. The summed E-state index contributed by atoms with van der Waals surface area (Å²) in [6.45, 7) is 0.608. The van der Waals surface area contributed by atoms with Gasteiger partial charge in [-0.2, -0.15) is 5.10 Å². The van der Waals surface area contributed by atoms with E-state index in [1.807, 2.05) is 19.3 Å². The lowest BCUT2D eigenvalue weighted by molar-refractivity contribution is 0.0592. The first-order valence-electron chi connectivity index (χ1n) is 7.55. The van der Waals surface area contributed by atoms with Crippen LogP contribution >= 0.6 is 0 Å². The van der Waals surface area contributed by atoms with Crippen molar-refractivity contribution in [3.8, 4) is 0 Å². The Bertz CT molecular complexity index is 821. The van der Waals surface area contributed by atoms with Crippen LogP contribution in [0.3, 0.4) is 0 Å². The number of likely N-dealkylation sites (tertiary alicyclic amines) is 1. The summed E-state index contributed by atoms with van der Waals surface area (Å²) < 4.78 is 25.7. The zero-order chi connectivity index (χ0) is 16.6. The van der Waals surface area contributed by atoms with E-state index in [1.165, 1.54) is 6.20 Å². The molecule has 0 bridgehead atoms. The van der Waals surface area contributed by atoms with Crippen molar-refractivity contribution in [2.24, 2.45) is 7.05 Å². The highest BCUT2D eigenvalue weighted by atomic mass is 32.2. The second kappa shape index (κ2) is 5.84. The van der Waals surface area contributed by atoms with Crippen LogP contribution in [0.25, 0.3) is 0 Å². The number of piperidine rings is 1. The molecule has 0 saturated carbocycles. The molecular weight excluding hydrogens is 316 g/mol. The lowest BCUT2D eigenvalue weighted by Gasteiger charge is -2.35. The van der Waals surface area contributed by atoms with Gasteiger partial charge in [0.25, 0.3) is 5.91 Å². The van der Waals surface area contributed by atoms with Crippen molar-refractivity contribution < 1.29 is 13.2 Å². The predicted octanol–water partition coefficient (Wildman–Crippen LogP) is 1.52. The third-order valence-electron chi connectivity index (χ3n) is 4.29. The fraction of sp³-hybridized carbons (Fsp3) is 0.467. The van der Waals surface area contributed by atoms with E-state index in [1.54, 1.807) is 15.5 Å². The monoisotopic (exact) mass is 336 g/mol. The molecule has 2 aromatic rings. The normalized spacial score (nSPS) is 19.0. The molecule has 2 aromatic heterocycles. The maximum Gasteiger partial charge on any atom is 0.271 e. The summed E-state index contributed by atoms with van der Waals surface area (Å²) >= 11 is 0. The fourth-order valence-electron chi connectivity index (χ4n) is 3.12. The Kier molecular flexibility index (Phi) is 4.01. The summed E-state index contributed by atoms with van der Waals surface area (Å²) in [4.78, 5) is 14.8. The average molecular weight is 336 g/mol. The molecule has 7 nitrogen and oxygen atoms in total. The maximum absolute atomic E-state index is 12.9. The second-order valence-corrected chi connectivity index (χ2v) is 7.92. The number of rotatable bonds is 3. The van der Waals surface area contributed by atoms with E-state index in [0.29, 0.717) is 17.9 Å². The third kappa shape index (κ3) is 2.90. The van der Waals surface area contributed by atoms with E-state index in [4.69, 9.17) is 0 Å². The molecule has 23 heavy (non-hydrogen) atoms. The summed E-state index contributed by atoms with van der Waals surface area (Å²) in [6.07, 6.45) is 6.89. The molecule has 0 aliphatic carbocycles. The Balaban J connectivity index is 1.99. The summed E-state index contributed by atoms with van der Waals surface area (Å²) in [5, 5.41) is 6.69. The molecule has 3 rings (SSSR count). The van der Waals surface area contributed by atoms with Gasteiger partial charge in [-0.25, -0.2) is 8.42 Å². The number of nitrogens with one attached hydrogen (secondary N) is 1. The SMILES string of the molecule is Cn1cccc1C(=O)N1CCCC[C@H]1c1[nH]ncc1S(C)(=O)=O. The highest BCUT2D eigenvalue weighted by Gasteiger charge is 2.33. The van der Waals surface area contributed by atoms with Gasteiger partial charge in [-0.15, -0.1) is 0 Å². The number of amides is 1. The van der Waals surface area contributed by atoms with Gasteiger partial charge in [0.05, 0.1) is 17.9 Å². The van der Waals surface area contributed by atoms with Gasteiger partial charge >= 0.3 is 0 Å². The minimum atomic E-state index is -3.39. The number of hydrogen-bond acceptors (Lipinski definition) is 4. The quantitative estimate of drug-likeness (QED) is 0.920. The molecule has 1 amide bonds. The van der Waals surface area contributed by atoms with E-state index in [0.717, 1.165) is 25.5 Å². The van der Waals surface area contributed by atoms with Gasteiger partial charge in [0.1, 0.15) is 10.6 Å². The van der Waals surface area contributed by atoms with Crippen molar-refractivity contribution in [1.29, 1.82) is 0 Å². The van der Waals surface area contributed by atoms with Crippen molar-refractivity contribution in [2.45, 2.75) is 30.2 Å². The van der Waals surface area contributed by atoms with Crippen molar-refractivity contribution >= 4 is 15.7 Å². The molecule has 1 aliphatic heterocycles. The number of H-pyrrole nitrogens is 1. The summed E-state index contributed by atoms with van der Waals surface area (Å²) in [7, 11) is -1.56. The van der Waals surface area contributed by atoms with Crippen LogP contribution in [0.4, 0.5) is 0 Å². The van der Waals surface area contributed by atoms with Gasteiger partial charge in [0.15, 0.2) is 9.84 Å².